The molecule has 0 radical (unpaired) electrons. The predicted octanol–water partition coefficient (Wildman–Crippen LogP) is 3.45. The first kappa shape index (κ1) is 13.3. The quantitative estimate of drug-likeness (QED) is 0.303. The molecule has 0 aromatic rings. The topological polar surface area (TPSA) is 38.8 Å². The van der Waals surface area contributed by atoms with E-state index in [1.807, 2.05) is 0 Å². The highest BCUT2D eigenvalue weighted by Gasteiger charge is 2.48. The van der Waals surface area contributed by atoms with E-state index in [2.05, 4.69) is 29.5 Å². The Bertz CT molecular complexity index is 274. The highest BCUT2D eigenvalue weighted by Crippen LogP contribution is 2.49. The van der Waals surface area contributed by atoms with Crippen molar-refractivity contribution in [2.45, 2.75) is 50.9 Å². The molecule has 0 N–H and O–H groups in total. The summed E-state index contributed by atoms with van der Waals surface area (Å²) in [5.41, 5.74) is 0. The Kier molecular flexibility index (Phi) is 4.73. The van der Waals surface area contributed by atoms with E-state index in [0.717, 1.165) is 36.0 Å². The van der Waals surface area contributed by atoms with Crippen LogP contribution in [0.5, 0.6) is 0 Å². The molecule has 0 aromatic carbocycles. The fraction of sp³-hybridized carbons (Fsp3) is 1.00. The predicted molar refractivity (Wildman–Crippen MR) is 73.9 cm³/mol. The van der Waals surface area contributed by atoms with Gasteiger partial charge in [-0.1, -0.05) is 35.9 Å². The van der Waals surface area contributed by atoms with Crippen molar-refractivity contribution in [3.8, 4) is 0 Å². The molecule has 3 nitrogen and oxygen atoms in total. The van der Waals surface area contributed by atoms with Gasteiger partial charge in [-0.3, -0.25) is 0 Å². The Labute approximate surface area is 111 Å². The number of rotatable bonds is 7. The zero-order chi connectivity index (χ0) is 11.6. The Hall–Kier alpha value is 0.880. The fourth-order valence-corrected chi connectivity index (χ4v) is 5.50. The van der Waals surface area contributed by atoms with Crippen molar-refractivity contribution in [2.24, 2.45) is 0 Å². The lowest BCUT2D eigenvalue weighted by atomic mass is 10.3. The number of hydrogen-bond acceptors (Lipinski definition) is 3. The Balaban J connectivity index is 1.71. The van der Waals surface area contributed by atoms with Gasteiger partial charge in [-0.2, -0.15) is 0 Å². The number of unbranched alkanes of at least 4 members (excludes halogenated alkanes) is 1. The minimum atomic E-state index is -2.05. The molecule has 16 heavy (non-hydrogen) atoms. The summed E-state index contributed by atoms with van der Waals surface area (Å²) in [6.07, 6.45) is 6.76. The van der Waals surface area contributed by atoms with Crippen LogP contribution < -0.4 is 0 Å². The van der Waals surface area contributed by atoms with Crippen LogP contribution in [0, 0.1) is 0 Å². The van der Waals surface area contributed by atoms with Crippen molar-refractivity contribution in [2.75, 3.05) is 16.7 Å². The molecule has 1 saturated heterocycles. The van der Waals surface area contributed by atoms with Crippen LogP contribution in [0.3, 0.4) is 0 Å². The van der Waals surface area contributed by atoms with E-state index in [1.54, 1.807) is 0 Å². The zero-order valence-corrected chi connectivity index (χ0v) is 12.8. The van der Waals surface area contributed by atoms with Gasteiger partial charge in [-0.25, -0.2) is 0 Å². The first-order valence-corrected chi connectivity index (χ1v) is 9.86. The Morgan fingerprint density at radius 1 is 1.44 bits per heavy atom. The van der Waals surface area contributed by atoms with E-state index >= 15 is 0 Å². The molecular weight excluding hydrogens is 338 g/mol. The monoisotopic (exact) mass is 358 g/mol. The lowest BCUT2D eigenvalue weighted by Crippen LogP contribution is -2.14. The van der Waals surface area contributed by atoms with E-state index in [4.69, 9.17) is 9.47 Å². The summed E-state index contributed by atoms with van der Waals surface area (Å²) in [7, 11) is -2.05. The van der Waals surface area contributed by atoms with Gasteiger partial charge in [0.2, 0.25) is 0 Å². The smallest absolute Gasteiger partial charge is 0.121 e. The third kappa shape index (κ3) is 3.44. The van der Waals surface area contributed by atoms with Crippen LogP contribution in [0.2, 0.25) is 0 Å². The first-order valence-electron chi connectivity index (χ1n) is 6.07. The molecule has 4 atom stereocenters. The summed E-state index contributed by atoms with van der Waals surface area (Å²) in [5.74, 6) is 0. The highest BCUT2D eigenvalue weighted by molar-refractivity contribution is 14.1. The molecular formula is C11H20IO3P. The summed E-state index contributed by atoms with van der Waals surface area (Å²) < 4.78 is 24.3. The zero-order valence-electron chi connectivity index (χ0n) is 9.73. The maximum atomic E-state index is 12.4. The highest BCUT2D eigenvalue weighted by atomic mass is 127. The van der Waals surface area contributed by atoms with Crippen LogP contribution in [0.1, 0.15) is 32.6 Å². The summed E-state index contributed by atoms with van der Waals surface area (Å²) in [6.45, 7) is 2.14. The molecule has 2 rings (SSSR count). The fourth-order valence-electron chi connectivity index (χ4n) is 2.19. The third-order valence-corrected chi connectivity index (χ3v) is 9.28. The number of ether oxygens (including phenoxy) is 2. The van der Waals surface area contributed by atoms with Crippen molar-refractivity contribution in [3.63, 3.8) is 0 Å². The molecule has 94 valence electrons. The van der Waals surface area contributed by atoms with E-state index in [9.17, 15) is 4.57 Å². The van der Waals surface area contributed by atoms with Gasteiger partial charge in [0.25, 0.3) is 0 Å². The van der Waals surface area contributed by atoms with Crippen LogP contribution in [-0.2, 0) is 14.0 Å². The SMILES string of the molecule is CCCCP(=O)(CI)CO[C@H]1C[C@@H]2O[C@@H]2C1. The number of hydrogen-bond donors (Lipinski definition) is 0. The molecule has 1 heterocycles. The van der Waals surface area contributed by atoms with E-state index in [0.29, 0.717) is 24.7 Å². The molecule has 1 aliphatic heterocycles. The normalized spacial score (nSPS) is 35.8. The maximum Gasteiger partial charge on any atom is 0.121 e. The van der Waals surface area contributed by atoms with Gasteiger partial charge in [0.1, 0.15) is 13.5 Å². The molecule has 2 fully saturated rings. The van der Waals surface area contributed by atoms with Crippen molar-refractivity contribution < 1.29 is 14.0 Å². The first-order chi connectivity index (χ1) is 7.67. The Morgan fingerprint density at radius 3 is 2.69 bits per heavy atom. The second-order valence-electron chi connectivity index (χ2n) is 4.86. The minimum absolute atomic E-state index is 0.307. The lowest BCUT2D eigenvalue weighted by molar-refractivity contribution is 0.0603. The summed E-state index contributed by atoms with van der Waals surface area (Å²) in [6, 6.07) is 0. The second kappa shape index (κ2) is 5.68. The van der Waals surface area contributed by atoms with Gasteiger partial charge in [-0.15, -0.1) is 0 Å². The molecule has 1 saturated carbocycles. The second-order valence-corrected chi connectivity index (χ2v) is 9.96. The number of alkyl halides is 1. The molecule has 0 amide bonds. The molecule has 0 spiro atoms. The van der Waals surface area contributed by atoms with Gasteiger partial charge >= 0.3 is 0 Å². The van der Waals surface area contributed by atoms with Gasteiger partial charge < -0.3 is 14.0 Å². The number of epoxide rings is 1. The van der Waals surface area contributed by atoms with Crippen LogP contribution in [0.4, 0.5) is 0 Å². The maximum absolute atomic E-state index is 12.4. The minimum Gasteiger partial charge on any atom is -0.370 e. The van der Waals surface area contributed by atoms with E-state index < -0.39 is 7.14 Å². The van der Waals surface area contributed by atoms with Gasteiger partial charge in [-0.05, 0) is 6.42 Å². The van der Waals surface area contributed by atoms with Crippen molar-refractivity contribution >= 4 is 29.7 Å². The molecule has 2 aliphatic rings. The van der Waals surface area contributed by atoms with Gasteiger partial charge in [0.15, 0.2) is 0 Å². The van der Waals surface area contributed by atoms with Crippen molar-refractivity contribution in [1.29, 1.82) is 0 Å². The average molecular weight is 358 g/mol. The van der Waals surface area contributed by atoms with Crippen molar-refractivity contribution in [3.05, 3.63) is 0 Å². The number of fused-ring (bicyclic) bond motifs is 1. The average Bonchev–Trinajstić information content (AvgIpc) is 2.92. The standard InChI is InChI=1S/C11H20IO3P/c1-2-3-4-16(13,7-12)8-14-9-5-10-11(6-9)15-10/h9-11H,2-8H2,1H3/t9-,10-,11+,16?. The van der Waals surface area contributed by atoms with Crippen LogP contribution in [0.25, 0.3) is 0 Å². The van der Waals surface area contributed by atoms with E-state index in [-0.39, 0.29) is 0 Å². The van der Waals surface area contributed by atoms with E-state index in [1.165, 1.54) is 0 Å². The van der Waals surface area contributed by atoms with Gasteiger partial charge in [0, 0.05) is 19.0 Å². The summed E-state index contributed by atoms with van der Waals surface area (Å²) in [5, 5.41) is 0. The molecule has 1 aliphatic carbocycles. The Morgan fingerprint density at radius 2 is 2.12 bits per heavy atom. The van der Waals surface area contributed by atoms with Gasteiger partial charge in [0.05, 0.1) is 22.5 Å². The molecule has 1 unspecified atom stereocenters. The summed E-state index contributed by atoms with van der Waals surface area (Å²) in [4.78, 5) is 0. The molecule has 0 aromatic heterocycles. The van der Waals surface area contributed by atoms with Crippen LogP contribution >= 0.6 is 29.7 Å². The van der Waals surface area contributed by atoms with Crippen LogP contribution in [-0.4, -0.2) is 35.0 Å². The molecule has 5 heteroatoms. The van der Waals surface area contributed by atoms with Crippen molar-refractivity contribution in [1.82, 2.24) is 0 Å². The summed E-state index contributed by atoms with van der Waals surface area (Å²) >= 11 is 2.24. The van der Waals surface area contributed by atoms with Crippen LogP contribution in [0.15, 0.2) is 0 Å². The molecule has 0 bridgehead atoms. The third-order valence-electron chi connectivity index (χ3n) is 3.36. The largest absolute Gasteiger partial charge is 0.370 e. The lowest BCUT2D eigenvalue weighted by Gasteiger charge is -2.19. The number of halogens is 1.